The fourth-order valence-electron chi connectivity index (χ4n) is 17.1. The van der Waals surface area contributed by atoms with Crippen LogP contribution in [0.15, 0.2) is 171 Å². The predicted octanol–water partition coefficient (Wildman–Crippen LogP) is 19.1. The molecular weight excluding hydrogens is 1830 g/mol. The van der Waals surface area contributed by atoms with Gasteiger partial charge in [0.1, 0.15) is 45.8 Å². The summed E-state index contributed by atoms with van der Waals surface area (Å²) in [5, 5.41) is 60.1. The average Bonchev–Trinajstić information content (AvgIpc) is 1.56. The normalized spacial score (nSPS) is 13.0. The van der Waals surface area contributed by atoms with Crippen LogP contribution in [0.3, 0.4) is 0 Å². The van der Waals surface area contributed by atoms with Gasteiger partial charge in [-0.05, 0) is 173 Å². The fourth-order valence-corrected chi connectivity index (χ4v) is 17.1. The van der Waals surface area contributed by atoms with Gasteiger partial charge in [0.05, 0.1) is 82.4 Å². The Morgan fingerprint density at radius 2 is 0.841 bits per heavy atom. The Kier molecular flexibility index (Phi) is 22.1. The SMILES string of the molecule is CCc1cccc2c(Nc3cc(C)[nH]n3)nc(-c3ccc4[nH][nH]c(=O)c4c3OC(F)(F)F)nc12.O=c1[nH][nH]c2ccc(-c3nc(Nc4n[nH]c5ccccc45)c4cccnc4n3)c(C(F)(F)F)c12.O=c1[nH][nH]c2ccc(-c3nc4c(c(Nc5n[nH]c6c(F)cccc56)n3)CCCCC4)c(C(F)(F)F)c12.O=c1[nH][nH]c2ccc(-c3nc4c(c(Nc5n[nH]c6ccc(F)cc56)n3)CCC4)c(C(F)(F)F)c12. The van der Waals surface area contributed by atoms with Gasteiger partial charge in [0.2, 0.25) is 0 Å². The number of anilines is 8. The number of nitrogens with one attached hydrogen (secondary N) is 16. The van der Waals surface area contributed by atoms with Crippen LogP contribution in [0.1, 0.15) is 83.1 Å². The second-order valence-electron chi connectivity index (χ2n) is 31.9. The highest BCUT2D eigenvalue weighted by Gasteiger charge is 2.43. The summed E-state index contributed by atoms with van der Waals surface area (Å²) in [5.41, 5.74) is -0.669. The predicted molar refractivity (Wildman–Crippen MR) is 482 cm³/mol. The molecule has 13 heterocycles. The Balaban J connectivity index is 0.000000113. The number of para-hydroxylation sites is 3. The van der Waals surface area contributed by atoms with Gasteiger partial charge in [-0.2, -0.15) is 59.9 Å². The molecule has 0 fully saturated rings. The van der Waals surface area contributed by atoms with E-state index >= 15 is 0 Å². The van der Waals surface area contributed by atoms with Crippen LogP contribution >= 0.6 is 0 Å². The summed E-state index contributed by atoms with van der Waals surface area (Å²) < 4.78 is 200. The van der Waals surface area contributed by atoms with Crippen molar-refractivity contribution in [1.82, 2.24) is 126 Å². The van der Waals surface area contributed by atoms with E-state index < -0.39 is 97.4 Å². The van der Waals surface area contributed by atoms with Gasteiger partial charge in [0.25, 0.3) is 22.2 Å². The van der Waals surface area contributed by atoms with E-state index in [-0.39, 0.29) is 90.0 Å². The van der Waals surface area contributed by atoms with Crippen LogP contribution in [0.4, 0.5) is 108 Å². The number of fused-ring (bicyclic) bond motifs is 11. The molecule has 2 aliphatic rings. The van der Waals surface area contributed by atoms with E-state index in [2.05, 4.69) is 152 Å². The van der Waals surface area contributed by atoms with E-state index in [1.807, 2.05) is 56.3 Å². The number of aromatic nitrogens is 25. The Morgan fingerprint density at radius 1 is 0.377 bits per heavy atom. The number of alkyl halides is 12. The smallest absolute Gasteiger partial charge is 0.404 e. The molecule has 138 heavy (non-hydrogen) atoms. The number of pyridine rings is 1. The number of ether oxygens (including phenoxy) is 1. The molecule has 0 aliphatic heterocycles. The van der Waals surface area contributed by atoms with E-state index in [9.17, 15) is 80.6 Å². The summed E-state index contributed by atoms with van der Waals surface area (Å²) in [4.78, 5) is 88.8. The van der Waals surface area contributed by atoms with Crippen LogP contribution in [-0.2, 0) is 50.6 Å². The van der Waals surface area contributed by atoms with E-state index in [1.54, 1.807) is 30.3 Å². The van der Waals surface area contributed by atoms with Crippen LogP contribution < -0.4 is 48.2 Å². The summed E-state index contributed by atoms with van der Waals surface area (Å²) in [6, 6.07) is 37.5. The summed E-state index contributed by atoms with van der Waals surface area (Å²) in [6.45, 7) is 3.78. The van der Waals surface area contributed by atoms with Crippen LogP contribution in [0.2, 0.25) is 0 Å². The van der Waals surface area contributed by atoms with Crippen molar-refractivity contribution in [2.24, 2.45) is 0 Å². The highest BCUT2D eigenvalue weighted by atomic mass is 19.4. The van der Waals surface area contributed by atoms with Crippen molar-refractivity contribution in [2.45, 2.75) is 96.5 Å². The minimum atomic E-state index is -5.04. The lowest BCUT2D eigenvalue weighted by molar-refractivity contribution is -0.273. The van der Waals surface area contributed by atoms with Crippen molar-refractivity contribution in [3.63, 3.8) is 0 Å². The topological polar surface area (TPSA) is 483 Å². The summed E-state index contributed by atoms with van der Waals surface area (Å²) in [6.07, 6.45) is -11.6. The molecule has 21 aromatic rings. The van der Waals surface area contributed by atoms with Gasteiger partial charge in [-0.25, -0.2) is 53.6 Å². The molecule has 0 saturated heterocycles. The first-order valence-corrected chi connectivity index (χ1v) is 42.2. The van der Waals surface area contributed by atoms with Crippen molar-refractivity contribution in [3.8, 4) is 51.3 Å². The monoisotopic (exact) mass is 1900 g/mol. The molecule has 0 unspecified atom stereocenters. The van der Waals surface area contributed by atoms with Crippen LogP contribution in [0.25, 0.3) is 144 Å². The molecule has 23 rings (SSSR count). The Bertz CT molecular complexity index is 8670. The molecule has 0 bridgehead atoms. The van der Waals surface area contributed by atoms with E-state index in [4.69, 9.17) is 0 Å². The summed E-state index contributed by atoms with van der Waals surface area (Å²) in [7, 11) is 0. The van der Waals surface area contributed by atoms with E-state index in [1.165, 1.54) is 79.0 Å². The lowest BCUT2D eigenvalue weighted by Gasteiger charge is -2.17. The third-order valence-electron chi connectivity index (χ3n) is 23.2. The van der Waals surface area contributed by atoms with Crippen LogP contribution in [-0.4, -0.2) is 133 Å². The number of hydrogen-bond donors (Lipinski definition) is 16. The second kappa shape index (κ2) is 34.5. The van der Waals surface area contributed by atoms with Gasteiger partial charge in [-0.15, -0.1) is 13.2 Å². The number of nitrogens with zero attached hydrogens (tertiary/aromatic N) is 13. The molecule has 0 spiro atoms. The van der Waals surface area contributed by atoms with Crippen molar-refractivity contribution in [1.29, 1.82) is 0 Å². The molecule has 34 nitrogen and oxygen atoms in total. The highest BCUT2D eigenvalue weighted by molar-refractivity contribution is 6.01. The molecular formula is C90H65F14N29O5. The lowest BCUT2D eigenvalue weighted by Crippen LogP contribution is -2.19. The number of aromatic amines is 12. The number of hydrogen-bond acceptors (Lipinski definition) is 22. The van der Waals surface area contributed by atoms with E-state index in [0.29, 0.717) is 117 Å². The third-order valence-corrected chi connectivity index (χ3v) is 23.2. The molecule has 698 valence electrons. The summed E-state index contributed by atoms with van der Waals surface area (Å²) >= 11 is 0. The minimum Gasteiger partial charge on any atom is -0.404 e. The molecule has 13 aromatic heterocycles. The first kappa shape index (κ1) is 88.4. The number of H-pyrrole nitrogens is 12. The van der Waals surface area contributed by atoms with Gasteiger partial charge in [0, 0.05) is 78.7 Å². The number of halogens is 14. The Morgan fingerprint density at radius 3 is 1.42 bits per heavy atom. The maximum atomic E-state index is 14.3. The molecule has 8 aromatic carbocycles. The molecule has 16 N–H and O–H groups in total. The van der Waals surface area contributed by atoms with Gasteiger partial charge in [-0.3, -0.25) is 80.4 Å². The number of rotatable bonds is 14. The largest absolute Gasteiger partial charge is 0.573 e. The molecule has 48 heteroatoms. The van der Waals surface area contributed by atoms with Gasteiger partial charge in [0.15, 0.2) is 58.0 Å². The average molecular weight is 1900 g/mol. The van der Waals surface area contributed by atoms with Gasteiger partial charge >= 0.3 is 24.9 Å². The number of aryl methyl sites for hydroxylation is 4. The second-order valence-corrected chi connectivity index (χ2v) is 31.9. The van der Waals surface area contributed by atoms with Crippen molar-refractivity contribution < 1.29 is 66.2 Å². The maximum Gasteiger partial charge on any atom is 0.573 e. The Hall–Kier alpha value is -17.5. The first-order chi connectivity index (χ1) is 66.2. The Labute approximate surface area is 758 Å². The van der Waals surface area contributed by atoms with Crippen molar-refractivity contribution in [2.75, 3.05) is 21.3 Å². The summed E-state index contributed by atoms with van der Waals surface area (Å²) in [5.74, 6) is 0.505. The quantitative estimate of drug-likeness (QED) is 0.0355. The third kappa shape index (κ3) is 16.7. The highest BCUT2D eigenvalue weighted by Crippen LogP contribution is 2.47. The van der Waals surface area contributed by atoms with Gasteiger partial charge < -0.3 is 26.0 Å². The minimum absolute atomic E-state index is 0.0290. The lowest BCUT2D eigenvalue weighted by atomic mass is 10.0. The fraction of sp³-hybridized carbons (Fsp3) is 0.167. The van der Waals surface area contributed by atoms with E-state index in [0.717, 1.165) is 59.0 Å². The zero-order valence-electron chi connectivity index (χ0n) is 70.9. The standard InChI is InChI=1S/C24H19F4N7O.C22H15F4N7O.C22H13F3N8O.C22H18F3N7O2/c25-14-7-4-6-13-19(14)33-34-22(13)31-20-11-5-2-1-3-8-15(11)29-21(30-20)12-9-10-16-17(23(36)35-32-16)18(12)24(26,27)28;23-9-4-6-14-12(8-9)20(32-30-14)29-18-10-2-1-3-13(10)27-19(28-18)11-5-7-15-16(21(34)33-31-15)17(11)22(24,25)26;23-22(24,25)16-11(7-8-14-15(16)21(34)33-31-14)18-27-17-12(5-3-9-26-17)19(28-18)29-20-10-4-1-2-6-13(10)30-32-20;1-3-11-5-4-6-12-17(11)27-20(28-19(12)26-15-9-10(2)29-31-15)13-7-8-14-16(21(33)32-30-14)18(13)34-22(23,24)25/h4,6-7,9-10H,1-3,5,8H2,(H2,32,35,36)(H2,29,30,31,33,34);4-8H,1-3H2,(H2,31,33,34)(H2,27,28,29,30,32);1-9H,(H2,31,33,34)(H2,26,27,28,29,30,32);4-9H,3H2,1-2H3,(H2,30,32,33)(H2,26,27,28,29,31). The van der Waals surface area contributed by atoms with Crippen LogP contribution in [0.5, 0.6) is 5.75 Å². The number of benzene rings is 8. The van der Waals surface area contributed by atoms with Crippen molar-refractivity contribution >= 4 is 145 Å². The van der Waals surface area contributed by atoms with Gasteiger partial charge in [-0.1, -0.05) is 43.7 Å². The van der Waals surface area contributed by atoms with Crippen LogP contribution in [0, 0.1) is 18.6 Å². The first-order valence-electron chi connectivity index (χ1n) is 42.2. The van der Waals surface area contributed by atoms with Crippen molar-refractivity contribution in [3.05, 3.63) is 255 Å². The molecule has 0 saturated carbocycles. The molecule has 2 aliphatic carbocycles. The zero-order valence-corrected chi connectivity index (χ0v) is 70.9. The zero-order chi connectivity index (χ0) is 96.1. The molecule has 0 amide bonds. The molecule has 0 radical (unpaired) electrons. The maximum absolute atomic E-state index is 14.3. The molecule has 0 atom stereocenters.